The smallest absolute Gasteiger partial charge is 0.259 e. The van der Waals surface area contributed by atoms with Gasteiger partial charge in [0, 0.05) is 30.9 Å². The highest BCUT2D eigenvalue weighted by atomic mass is 16.5. The summed E-state index contributed by atoms with van der Waals surface area (Å²) in [6.45, 7) is 5.20. The van der Waals surface area contributed by atoms with Gasteiger partial charge in [-0.25, -0.2) is 4.98 Å². The molecule has 2 aromatic heterocycles. The topological polar surface area (TPSA) is 84.2 Å². The van der Waals surface area contributed by atoms with E-state index in [2.05, 4.69) is 25.3 Å². The van der Waals surface area contributed by atoms with Crippen LogP contribution in [0.5, 0.6) is 0 Å². The quantitative estimate of drug-likeness (QED) is 0.675. The van der Waals surface area contributed by atoms with Gasteiger partial charge in [-0.05, 0) is 44.0 Å². The highest BCUT2D eigenvalue weighted by Gasteiger charge is 2.25. The second kappa shape index (κ2) is 8.26. The van der Waals surface area contributed by atoms with Crippen molar-refractivity contribution in [1.82, 2.24) is 20.4 Å². The second-order valence-electron chi connectivity index (χ2n) is 7.19. The van der Waals surface area contributed by atoms with Gasteiger partial charge in [0.25, 0.3) is 5.89 Å². The fraction of sp³-hybridized carbons (Fsp3) is 0.273. The Morgan fingerprint density at radius 1 is 1.24 bits per heavy atom. The molecule has 0 bridgehead atoms. The van der Waals surface area contributed by atoms with E-state index in [1.165, 1.54) is 0 Å². The van der Waals surface area contributed by atoms with Gasteiger partial charge in [-0.15, -0.1) is 0 Å². The van der Waals surface area contributed by atoms with Crippen LogP contribution in [0, 0.1) is 6.92 Å². The molecule has 1 aliphatic heterocycles. The summed E-state index contributed by atoms with van der Waals surface area (Å²) in [7, 11) is 0. The first-order valence-electron chi connectivity index (χ1n) is 9.64. The number of carbonyl (C=O) groups excluding carboxylic acids is 1. The van der Waals surface area contributed by atoms with Crippen LogP contribution in [-0.4, -0.2) is 40.2 Å². The van der Waals surface area contributed by atoms with E-state index >= 15 is 0 Å². The molecule has 148 valence electrons. The second-order valence-corrected chi connectivity index (χ2v) is 7.19. The molecule has 1 atom stereocenters. The maximum atomic E-state index is 12.5. The van der Waals surface area contributed by atoms with Gasteiger partial charge in [-0.2, -0.15) is 4.98 Å². The Balaban J connectivity index is 1.35. The molecule has 1 fully saturated rings. The molecule has 1 aromatic carbocycles. The number of carbonyl (C=O) groups is 1. The third-order valence-corrected chi connectivity index (χ3v) is 4.91. The van der Waals surface area contributed by atoms with Crippen LogP contribution in [0.1, 0.15) is 24.7 Å². The number of aryl methyl sites for hydroxylation is 1. The van der Waals surface area contributed by atoms with Crippen LogP contribution in [-0.2, 0) is 4.79 Å². The standard InChI is InChI=1S/C22H23N5O2/c1-15(12-17-6-4-3-5-7-17)21(28)25-19-10-11-27(14-19)20-9-8-18(13-23-20)22-24-16(2)26-29-22/h3-9,12-13,19H,10-11,14H2,1-2H3,(H,25,28)/b15-12+/t19-/m0/s1. The minimum atomic E-state index is -0.0317. The Morgan fingerprint density at radius 2 is 2.07 bits per heavy atom. The number of hydrogen-bond donors (Lipinski definition) is 1. The van der Waals surface area contributed by atoms with Crippen molar-refractivity contribution in [1.29, 1.82) is 0 Å². The molecule has 0 radical (unpaired) electrons. The first kappa shape index (κ1) is 18.9. The Hall–Kier alpha value is -3.48. The third kappa shape index (κ3) is 4.51. The monoisotopic (exact) mass is 389 g/mol. The summed E-state index contributed by atoms with van der Waals surface area (Å²) in [5.41, 5.74) is 2.51. The van der Waals surface area contributed by atoms with Crippen LogP contribution in [0.25, 0.3) is 17.5 Å². The van der Waals surface area contributed by atoms with E-state index in [0.717, 1.165) is 36.5 Å². The number of amides is 1. The Kier molecular flexibility index (Phi) is 5.37. The normalized spacial score (nSPS) is 16.8. The third-order valence-electron chi connectivity index (χ3n) is 4.91. The van der Waals surface area contributed by atoms with Crippen LogP contribution in [0.15, 0.2) is 58.8 Å². The van der Waals surface area contributed by atoms with Crippen molar-refractivity contribution < 1.29 is 9.32 Å². The zero-order valence-corrected chi connectivity index (χ0v) is 16.5. The number of nitrogens with one attached hydrogen (secondary N) is 1. The highest BCUT2D eigenvalue weighted by Crippen LogP contribution is 2.22. The number of benzene rings is 1. The lowest BCUT2D eigenvalue weighted by molar-refractivity contribution is -0.117. The van der Waals surface area contributed by atoms with Crippen molar-refractivity contribution in [2.45, 2.75) is 26.3 Å². The molecule has 1 amide bonds. The zero-order valence-electron chi connectivity index (χ0n) is 16.5. The Morgan fingerprint density at radius 3 is 2.76 bits per heavy atom. The molecule has 3 aromatic rings. The summed E-state index contributed by atoms with van der Waals surface area (Å²) < 4.78 is 5.17. The number of rotatable bonds is 5. The number of pyridine rings is 1. The summed E-state index contributed by atoms with van der Waals surface area (Å²) in [6, 6.07) is 13.8. The lowest BCUT2D eigenvalue weighted by Crippen LogP contribution is -2.37. The molecule has 7 nitrogen and oxygen atoms in total. The van der Waals surface area contributed by atoms with Gasteiger partial charge in [0.05, 0.1) is 5.56 Å². The molecule has 4 rings (SSSR count). The minimum Gasteiger partial charge on any atom is -0.354 e. The number of anilines is 1. The largest absolute Gasteiger partial charge is 0.354 e. The van der Waals surface area contributed by atoms with Gasteiger partial charge >= 0.3 is 0 Å². The van der Waals surface area contributed by atoms with E-state index in [1.807, 2.05) is 55.5 Å². The molecule has 0 spiro atoms. The highest BCUT2D eigenvalue weighted by molar-refractivity contribution is 5.97. The molecular formula is C22H23N5O2. The van der Waals surface area contributed by atoms with Crippen LogP contribution in [0.3, 0.4) is 0 Å². The van der Waals surface area contributed by atoms with E-state index < -0.39 is 0 Å². The molecule has 3 heterocycles. The van der Waals surface area contributed by atoms with E-state index in [9.17, 15) is 4.79 Å². The fourth-order valence-corrected chi connectivity index (χ4v) is 3.36. The lowest BCUT2D eigenvalue weighted by Gasteiger charge is -2.18. The van der Waals surface area contributed by atoms with Gasteiger partial charge in [0.1, 0.15) is 5.82 Å². The summed E-state index contributed by atoms with van der Waals surface area (Å²) in [4.78, 5) is 23.4. The average molecular weight is 389 g/mol. The average Bonchev–Trinajstić information content (AvgIpc) is 3.38. The molecule has 0 saturated carbocycles. The van der Waals surface area contributed by atoms with Crippen LogP contribution >= 0.6 is 0 Å². The molecule has 1 saturated heterocycles. The maximum absolute atomic E-state index is 12.5. The number of aromatic nitrogens is 3. The van der Waals surface area contributed by atoms with Crippen LogP contribution in [0.4, 0.5) is 5.82 Å². The molecule has 29 heavy (non-hydrogen) atoms. The molecular weight excluding hydrogens is 366 g/mol. The summed E-state index contributed by atoms with van der Waals surface area (Å²) in [5.74, 6) is 1.90. The summed E-state index contributed by atoms with van der Waals surface area (Å²) >= 11 is 0. The van der Waals surface area contributed by atoms with E-state index in [0.29, 0.717) is 17.3 Å². The van der Waals surface area contributed by atoms with Gasteiger partial charge in [-0.1, -0.05) is 35.5 Å². The Bertz CT molecular complexity index is 1010. The molecule has 0 unspecified atom stereocenters. The van der Waals surface area contributed by atoms with Crippen molar-refractivity contribution in [2.24, 2.45) is 0 Å². The first-order chi connectivity index (χ1) is 14.1. The predicted octanol–water partition coefficient (Wildman–Crippen LogP) is 3.24. The first-order valence-corrected chi connectivity index (χ1v) is 9.64. The fourth-order valence-electron chi connectivity index (χ4n) is 3.36. The maximum Gasteiger partial charge on any atom is 0.259 e. The van der Waals surface area contributed by atoms with Gasteiger partial charge in [-0.3, -0.25) is 4.79 Å². The molecule has 1 aliphatic rings. The van der Waals surface area contributed by atoms with Crippen LogP contribution in [0.2, 0.25) is 0 Å². The summed E-state index contributed by atoms with van der Waals surface area (Å²) in [5, 5.41) is 6.93. The SMILES string of the molecule is C/C(=C\c1ccccc1)C(=O)N[C@H]1CCN(c2ccc(-c3nc(C)no3)cn2)C1. The summed E-state index contributed by atoms with van der Waals surface area (Å²) in [6.07, 6.45) is 4.53. The Labute approximate surface area is 169 Å². The van der Waals surface area contributed by atoms with E-state index in [4.69, 9.17) is 4.52 Å². The minimum absolute atomic E-state index is 0.0317. The van der Waals surface area contributed by atoms with Crippen molar-refractivity contribution in [3.63, 3.8) is 0 Å². The van der Waals surface area contributed by atoms with Crippen molar-refractivity contribution in [3.05, 3.63) is 65.6 Å². The molecule has 7 heteroatoms. The van der Waals surface area contributed by atoms with E-state index in [1.54, 1.807) is 13.1 Å². The molecule has 0 aliphatic carbocycles. The van der Waals surface area contributed by atoms with Crippen molar-refractivity contribution in [3.8, 4) is 11.5 Å². The van der Waals surface area contributed by atoms with Gasteiger partial charge < -0.3 is 14.7 Å². The predicted molar refractivity (Wildman–Crippen MR) is 111 cm³/mol. The number of hydrogen-bond acceptors (Lipinski definition) is 6. The lowest BCUT2D eigenvalue weighted by atomic mass is 10.1. The zero-order chi connectivity index (χ0) is 20.2. The van der Waals surface area contributed by atoms with Crippen molar-refractivity contribution in [2.75, 3.05) is 18.0 Å². The van der Waals surface area contributed by atoms with Crippen molar-refractivity contribution >= 4 is 17.8 Å². The van der Waals surface area contributed by atoms with Gasteiger partial charge in [0.2, 0.25) is 5.91 Å². The van der Waals surface area contributed by atoms with E-state index in [-0.39, 0.29) is 11.9 Å². The number of nitrogens with zero attached hydrogens (tertiary/aromatic N) is 4. The molecule has 1 N–H and O–H groups in total. The van der Waals surface area contributed by atoms with Gasteiger partial charge in [0.15, 0.2) is 5.82 Å². The van der Waals surface area contributed by atoms with Crippen LogP contribution < -0.4 is 10.2 Å².